The quantitative estimate of drug-likeness (QED) is 0.489. The van der Waals surface area contributed by atoms with E-state index in [-0.39, 0.29) is 43.4 Å². The maximum absolute atomic E-state index is 11.0. The van der Waals surface area contributed by atoms with Crippen molar-refractivity contribution in [3.8, 4) is 0 Å². The first-order valence-electron chi connectivity index (χ1n) is 4.61. The van der Waals surface area contributed by atoms with Gasteiger partial charge in [-0.25, -0.2) is 0 Å². The Kier molecular flexibility index (Phi) is 7.29. The van der Waals surface area contributed by atoms with Gasteiger partial charge in [0.15, 0.2) is 0 Å². The van der Waals surface area contributed by atoms with E-state index in [1.165, 1.54) is 19.2 Å². The summed E-state index contributed by atoms with van der Waals surface area (Å²) in [5.41, 5.74) is 6.31. The molecule has 17 heavy (non-hydrogen) atoms. The molecule has 1 rings (SSSR count). The van der Waals surface area contributed by atoms with Gasteiger partial charge in [0.25, 0.3) is 5.69 Å². The van der Waals surface area contributed by atoms with Crippen LogP contribution in [0.2, 0.25) is 0 Å². The van der Waals surface area contributed by atoms with Gasteiger partial charge in [-0.1, -0.05) is 12.1 Å². The second kappa shape index (κ2) is 7.60. The number of nitrogens with zero attached hydrogens (tertiary/aromatic N) is 1. The van der Waals surface area contributed by atoms with Crippen molar-refractivity contribution in [2.45, 2.75) is 12.5 Å². The van der Waals surface area contributed by atoms with Crippen molar-refractivity contribution in [2.75, 3.05) is 7.11 Å². The zero-order valence-electron chi connectivity index (χ0n) is 9.10. The molecule has 0 saturated heterocycles. The first kappa shape index (κ1) is 16.3. The second-order valence-electron chi connectivity index (χ2n) is 3.26. The number of esters is 1. The van der Waals surface area contributed by atoms with Crippen LogP contribution in [-0.2, 0) is 16.0 Å². The maximum atomic E-state index is 11.0. The first-order chi connectivity index (χ1) is 7.54. The molecule has 94 valence electrons. The van der Waals surface area contributed by atoms with E-state index < -0.39 is 16.9 Å². The first-order valence-corrected chi connectivity index (χ1v) is 4.61. The fourth-order valence-corrected chi connectivity index (χ4v) is 1.24. The average Bonchev–Trinajstić information content (AvgIpc) is 2.28. The molecule has 0 aliphatic rings. The zero-order valence-corrected chi connectivity index (χ0v) is 9.81. The number of nitro groups is 1. The van der Waals surface area contributed by atoms with Gasteiger partial charge in [-0.3, -0.25) is 14.9 Å². The van der Waals surface area contributed by atoms with Crippen molar-refractivity contribution in [2.24, 2.45) is 5.73 Å². The summed E-state index contributed by atoms with van der Waals surface area (Å²) < 4.78 is 4.47. The molecule has 0 saturated carbocycles. The third-order valence-corrected chi connectivity index (χ3v) is 2.11. The number of methoxy groups -OCH3 is 1. The molecule has 1 unspecified atom stereocenters. The second-order valence-corrected chi connectivity index (χ2v) is 3.26. The molecular weight excluding hydrogens is 252 g/mol. The van der Waals surface area contributed by atoms with Gasteiger partial charge in [-0.15, -0.1) is 0 Å². The van der Waals surface area contributed by atoms with Gasteiger partial charge < -0.3 is 10.5 Å². The Balaban J connectivity index is 0.00000256. The monoisotopic (exact) mass is 264 g/mol. The van der Waals surface area contributed by atoms with Crippen LogP contribution in [0.5, 0.6) is 0 Å². The fraction of sp³-hybridized carbons (Fsp3) is 0.300. The normalized spacial score (nSPS) is 11.2. The third kappa shape index (κ3) is 4.99. The van der Waals surface area contributed by atoms with Crippen LogP contribution >= 0.6 is 0 Å². The molecular formula is C10H12ArN2O4. The van der Waals surface area contributed by atoms with Gasteiger partial charge >= 0.3 is 5.97 Å². The standard InChI is InChI=1S/C10H12N2O4.Ar/c1-16-10(13)9(11)6-7-2-4-8(5-3-7)12(14)15;/h2-5,9H,6,11H2,1H3;. The van der Waals surface area contributed by atoms with Gasteiger partial charge in [-0.2, -0.15) is 0 Å². The van der Waals surface area contributed by atoms with Crippen molar-refractivity contribution in [1.82, 2.24) is 0 Å². The topological polar surface area (TPSA) is 95.5 Å². The van der Waals surface area contributed by atoms with Gasteiger partial charge in [0.05, 0.1) is 12.0 Å². The van der Waals surface area contributed by atoms with E-state index in [0.29, 0.717) is 6.42 Å². The molecule has 1 aromatic rings. The van der Waals surface area contributed by atoms with E-state index in [2.05, 4.69) is 4.74 Å². The predicted molar refractivity (Wildman–Crippen MR) is 56.8 cm³/mol. The Morgan fingerprint density at radius 1 is 1.47 bits per heavy atom. The Labute approximate surface area is 128 Å². The molecule has 0 fully saturated rings. The Hall–Kier alpha value is -0.690. The summed E-state index contributed by atoms with van der Waals surface area (Å²) in [6.45, 7) is 0. The Bertz CT molecular complexity index is 394. The number of nitrogens with two attached hydrogens (primary N) is 1. The van der Waals surface area contributed by atoms with Crippen LogP contribution in [0.1, 0.15) is 5.56 Å². The summed E-state index contributed by atoms with van der Waals surface area (Å²) in [5, 5.41) is 10.4. The zero-order chi connectivity index (χ0) is 12.1. The SMILES string of the molecule is COC(=O)C(N)Cc1ccc([N+](=O)[O-])cc1.[Ar]. The Morgan fingerprint density at radius 3 is 2.41 bits per heavy atom. The molecule has 1 aromatic carbocycles. The van der Waals surface area contributed by atoms with Crippen molar-refractivity contribution >= 4 is 11.7 Å². The van der Waals surface area contributed by atoms with E-state index in [1.54, 1.807) is 12.1 Å². The molecule has 2 N–H and O–H groups in total. The van der Waals surface area contributed by atoms with Crippen molar-refractivity contribution in [3.63, 3.8) is 0 Å². The van der Waals surface area contributed by atoms with E-state index in [0.717, 1.165) is 5.56 Å². The van der Waals surface area contributed by atoms with Crippen LogP contribution < -0.4 is 5.73 Å². The number of carbonyl (C=O) groups is 1. The van der Waals surface area contributed by atoms with E-state index in [4.69, 9.17) is 5.73 Å². The number of nitro benzene ring substituents is 1. The third-order valence-electron chi connectivity index (χ3n) is 2.11. The molecule has 6 nitrogen and oxygen atoms in total. The number of non-ortho nitro benzene ring substituents is 1. The summed E-state index contributed by atoms with van der Waals surface area (Å²) in [5.74, 6) is -0.502. The summed E-state index contributed by atoms with van der Waals surface area (Å²) >= 11 is 0. The Morgan fingerprint density at radius 2 is 2.00 bits per heavy atom. The average molecular weight is 264 g/mol. The van der Waals surface area contributed by atoms with Gasteiger partial charge in [-0.05, 0) is 12.0 Å². The molecule has 0 radical (unpaired) electrons. The predicted octanol–water partition coefficient (Wildman–Crippen LogP) is 0.638. The minimum Gasteiger partial charge on any atom is -0.468 e. The van der Waals surface area contributed by atoms with Gasteiger partial charge in [0.1, 0.15) is 6.04 Å². The van der Waals surface area contributed by atoms with E-state index in [1.807, 2.05) is 0 Å². The summed E-state index contributed by atoms with van der Waals surface area (Å²) in [6, 6.07) is 5.15. The number of ether oxygens (including phenoxy) is 1. The fourth-order valence-electron chi connectivity index (χ4n) is 1.24. The summed E-state index contributed by atoms with van der Waals surface area (Å²) in [6.07, 6.45) is 0.296. The number of carbonyl (C=O) groups excluding carboxylic acids is 1. The molecule has 1 atom stereocenters. The molecule has 0 aliphatic heterocycles. The minimum absolute atomic E-state index is 0. The molecule has 0 amide bonds. The summed E-state index contributed by atoms with van der Waals surface area (Å²) in [7, 11) is 1.26. The molecule has 0 spiro atoms. The van der Waals surface area contributed by atoms with Gasteiger partial charge in [0.2, 0.25) is 0 Å². The molecule has 0 heterocycles. The van der Waals surface area contributed by atoms with Crippen LogP contribution in [0.3, 0.4) is 0 Å². The smallest absolute Gasteiger partial charge is 0.322 e. The molecule has 7 heteroatoms. The molecule has 0 aromatic heterocycles. The number of rotatable bonds is 4. The minimum atomic E-state index is -0.744. The van der Waals surface area contributed by atoms with Crippen molar-refractivity contribution in [1.29, 1.82) is 0 Å². The van der Waals surface area contributed by atoms with Gasteiger partial charge in [0, 0.05) is 49.9 Å². The van der Waals surface area contributed by atoms with Crippen LogP contribution in [0, 0.1) is 47.9 Å². The molecule has 0 bridgehead atoms. The molecule has 0 aliphatic carbocycles. The van der Waals surface area contributed by atoms with E-state index in [9.17, 15) is 14.9 Å². The summed E-state index contributed by atoms with van der Waals surface area (Å²) in [4.78, 5) is 20.9. The van der Waals surface area contributed by atoms with Crippen LogP contribution in [0.4, 0.5) is 5.69 Å². The number of benzene rings is 1. The number of hydrogen-bond acceptors (Lipinski definition) is 5. The maximum Gasteiger partial charge on any atom is 0.322 e. The van der Waals surface area contributed by atoms with Crippen molar-refractivity contribution in [3.05, 3.63) is 39.9 Å². The number of hydrogen-bond donors (Lipinski definition) is 1. The largest absolute Gasteiger partial charge is 0.468 e. The van der Waals surface area contributed by atoms with E-state index >= 15 is 0 Å². The van der Waals surface area contributed by atoms with Crippen LogP contribution in [0.25, 0.3) is 0 Å². The van der Waals surface area contributed by atoms with Crippen LogP contribution in [-0.4, -0.2) is 24.0 Å². The van der Waals surface area contributed by atoms with Crippen LogP contribution in [0.15, 0.2) is 24.3 Å². The van der Waals surface area contributed by atoms with Crippen molar-refractivity contribution < 1.29 is 52.2 Å².